The molecule has 0 saturated heterocycles. The van der Waals surface area contributed by atoms with Crippen molar-refractivity contribution in [2.45, 2.75) is 22.2 Å². The third-order valence-corrected chi connectivity index (χ3v) is 5.68. The quantitative estimate of drug-likeness (QED) is 0.559. The summed E-state index contributed by atoms with van der Waals surface area (Å²) in [5, 5.41) is 8.55. The minimum Gasteiger partial charge on any atom is -0.333 e. The van der Waals surface area contributed by atoms with Crippen LogP contribution in [0.1, 0.15) is 6.92 Å². The molecule has 0 fully saturated rings. The molecular weight excluding hydrogens is 396 g/mol. The highest BCUT2D eigenvalue weighted by molar-refractivity contribution is 8.00. The van der Waals surface area contributed by atoms with Crippen LogP contribution in [0.15, 0.2) is 52.5 Å². The van der Waals surface area contributed by atoms with Gasteiger partial charge in [-0.2, -0.15) is 0 Å². The lowest BCUT2D eigenvalue weighted by molar-refractivity contribution is -0.115. The topological polar surface area (TPSA) is 118 Å². The maximum Gasteiger partial charge on any atom is 0.238 e. The van der Waals surface area contributed by atoms with Crippen molar-refractivity contribution >= 4 is 56.0 Å². The first kappa shape index (κ1) is 18.7. The molecule has 0 aliphatic carbocycles. The standard InChI is InChI=1S/C16H15ClN4O3S2/c1-9(25-16-20-13-7-2-10(17)8-14(13)21-16)15(22)19-11-3-5-12(6-4-11)26(18,23)24/h2-9H,1H3,(H,19,22)(H,20,21)(H2,18,23,24). The molecule has 10 heteroatoms. The van der Waals surface area contributed by atoms with E-state index in [0.29, 0.717) is 15.9 Å². The van der Waals surface area contributed by atoms with Crippen LogP contribution in [0.25, 0.3) is 11.0 Å². The number of nitrogens with two attached hydrogens (primary N) is 1. The Morgan fingerprint density at radius 2 is 1.96 bits per heavy atom. The molecule has 7 nitrogen and oxygen atoms in total. The molecule has 3 rings (SSSR count). The van der Waals surface area contributed by atoms with Crippen molar-refractivity contribution in [1.82, 2.24) is 9.97 Å². The van der Waals surface area contributed by atoms with Crippen LogP contribution >= 0.6 is 23.4 Å². The number of hydrogen-bond donors (Lipinski definition) is 3. The molecule has 26 heavy (non-hydrogen) atoms. The van der Waals surface area contributed by atoms with E-state index in [9.17, 15) is 13.2 Å². The number of carbonyl (C=O) groups excluding carboxylic acids is 1. The summed E-state index contributed by atoms with van der Waals surface area (Å²) in [6, 6.07) is 11.0. The molecule has 1 amide bonds. The number of aromatic amines is 1. The van der Waals surface area contributed by atoms with Gasteiger partial charge in [-0.05, 0) is 49.4 Å². The highest BCUT2D eigenvalue weighted by atomic mass is 35.5. The highest BCUT2D eigenvalue weighted by Crippen LogP contribution is 2.26. The van der Waals surface area contributed by atoms with Crippen LogP contribution in [-0.2, 0) is 14.8 Å². The number of anilines is 1. The van der Waals surface area contributed by atoms with Crippen LogP contribution < -0.4 is 10.5 Å². The van der Waals surface area contributed by atoms with Gasteiger partial charge in [-0.15, -0.1) is 0 Å². The van der Waals surface area contributed by atoms with Crippen LogP contribution in [0.2, 0.25) is 5.02 Å². The van der Waals surface area contributed by atoms with E-state index in [0.717, 1.165) is 11.0 Å². The van der Waals surface area contributed by atoms with E-state index in [-0.39, 0.29) is 10.8 Å². The zero-order chi connectivity index (χ0) is 18.9. The molecule has 0 aliphatic heterocycles. The number of thioether (sulfide) groups is 1. The summed E-state index contributed by atoms with van der Waals surface area (Å²) in [6.07, 6.45) is 0. The largest absolute Gasteiger partial charge is 0.333 e. The monoisotopic (exact) mass is 410 g/mol. The number of rotatable bonds is 5. The number of nitrogens with zero attached hydrogens (tertiary/aromatic N) is 1. The third kappa shape index (κ3) is 4.36. The van der Waals surface area contributed by atoms with Gasteiger partial charge in [0.15, 0.2) is 5.16 Å². The predicted octanol–water partition coefficient (Wildman–Crippen LogP) is 2.98. The lowest BCUT2D eigenvalue weighted by atomic mass is 10.3. The van der Waals surface area contributed by atoms with Crippen molar-refractivity contribution in [1.29, 1.82) is 0 Å². The van der Waals surface area contributed by atoms with Crippen LogP contribution in [0.3, 0.4) is 0 Å². The Labute approximate surface area is 159 Å². The third-order valence-electron chi connectivity index (χ3n) is 3.53. The molecule has 2 aromatic carbocycles. The van der Waals surface area contributed by atoms with Crippen molar-refractivity contribution in [3.63, 3.8) is 0 Å². The Morgan fingerprint density at radius 1 is 1.27 bits per heavy atom. The van der Waals surface area contributed by atoms with Gasteiger partial charge in [0.25, 0.3) is 0 Å². The number of carbonyl (C=O) groups is 1. The molecule has 1 atom stereocenters. The van der Waals surface area contributed by atoms with Crippen LogP contribution in [0.5, 0.6) is 0 Å². The number of primary sulfonamides is 1. The van der Waals surface area contributed by atoms with Crippen LogP contribution in [0, 0.1) is 0 Å². The Kier molecular flexibility index (Phi) is 5.24. The second kappa shape index (κ2) is 7.28. The van der Waals surface area contributed by atoms with Gasteiger partial charge in [0, 0.05) is 10.7 Å². The van der Waals surface area contributed by atoms with E-state index in [1.54, 1.807) is 25.1 Å². The summed E-state index contributed by atoms with van der Waals surface area (Å²) in [5.74, 6) is -0.239. The van der Waals surface area contributed by atoms with Crippen molar-refractivity contribution in [2.24, 2.45) is 5.14 Å². The van der Waals surface area contributed by atoms with E-state index < -0.39 is 15.3 Å². The number of halogens is 1. The Morgan fingerprint density at radius 3 is 2.62 bits per heavy atom. The summed E-state index contributed by atoms with van der Waals surface area (Å²) in [6.45, 7) is 1.75. The molecule has 0 spiro atoms. The number of sulfonamides is 1. The lowest BCUT2D eigenvalue weighted by Gasteiger charge is -2.10. The highest BCUT2D eigenvalue weighted by Gasteiger charge is 2.17. The van der Waals surface area contributed by atoms with Crippen LogP contribution in [0.4, 0.5) is 5.69 Å². The first-order chi connectivity index (χ1) is 12.2. The summed E-state index contributed by atoms with van der Waals surface area (Å²) >= 11 is 7.22. The van der Waals surface area contributed by atoms with E-state index in [1.165, 1.54) is 36.0 Å². The second-order valence-corrected chi connectivity index (χ2v) is 8.85. The maximum atomic E-state index is 12.3. The molecule has 0 bridgehead atoms. The number of nitrogens with one attached hydrogen (secondary N) is 2. The predicted molar refractivity (Wildman–Crippen MR) is 103 cm³/mol. The summed E-state index contributed by atoms with van der Waals surface area (Å²) < 4.78 is 22.5. The Balaban J connectivity index is 1.67. The van der Waals surface area contributed by atoms with Gasteiger partial charge in [-0.25, -0.2) is 18.5 Å². The number of aromatic nitrogens is 2. The SMILES string of the molecule is CC(Sc1nc2ccc(Cl)cc2[nH]1)C(=O)Nc1ccc(S(N)(=O)=O)cc1. The summed E-state index contributed by atoms with van der Waals surface area (Å²) in [7, 11) is -3.76. The first-order valence-corrected chi connectivity index (χ1v) is 10.3. The number of hydrogen-bond acceptors (Lipinski definition) is 5. The zero-order valence-electron chi connectivity index (χ0n) is 13.6. The van der Waals surface area contributed by atoms with Gasteiger partial charge in [-0.3, -0.25) is 4.79 Å². The molecule has 1 unspecified atom stereocenters. The van der Waals surface area contributed by atoms with Gasteiger partial charge in [-0.1, -0.05) is 23.4 Å². The number of benzene rings is 2. The molecule has 4 N–H and O–H groups in total. The summed E-state index contributed by atoms with van der Waals surface area (Å²) in [4.78, 5) is 19.8. The van der Waals surface area contributed by atoms with E-state index in [4.69, 9.17) is 16.7 Å². The maximum absolute atomic E-state index is 12.3. The van der Waals surface area contributed by atoms with Crippen molar-refractivity contribution in [3.8, 4) is 0 Å². The summed E-state index contributed by atoms with van der Waals surface area (Å²) in [5.41, 5.74) is 2.04. The fraction of sp³-hybridized carbons (Fsp3) is 0.125. The average molecular weight is 411 g/mol. The van der Waals surface area contributed by atoms with Gasteiger partial charge in [0.05, 0.1) is 21.2 Å². The van der Waals surface area contributed by atoms with Gasteiger partial charge >= 0.3 is 0 Å². The lowest BCUT2D eigenvalue weighted by Crippen LogP contribution is -2.22. The number of fused-ring (bicyclic) bond motifs is 1. The molecule has 136 valence electrons. The molecule has 0 aliphatic rings. The first-order valence-electron chi connectivity index (χ1n) is 7.48. The molecule has 3 aromatic rings. The fourth-order valence-corrected chi connectivity index (χ4v) is 3.72. The van der Waals surface area contributed by atoms with E-state index >= 15 is 0 Å². The minimum absolute atomic E-state index is 0.0149. The normalized spacial score (nSPS) is 12.9. The number of imidazole rings is 1. The average Bonchev–Trinajstić information content (AvgIpc) is 2.95. The second-order valence-electron chi connectivity index (χ2n) is 5.52. The van der Waals surface area contributed by atoms with Gasteiger partial charge < -0.3 is 10.3 Å². The molecular formula is C16H15ClN4O3S2. The molecule has 0 saturated carbocycles. The van der Waals surface area contributed by atoms with Gasteiger partial charge in [0.2, 0.25) is 15.9 Å². The molecule has 0 radical (unpaired) electrons. The molecule has 1 heterocycles. The van der Waals surface area contributed by atoms with E-state index in [1.807, 2.05) is 0 Å². The van der Waals surface area contributed by atoms with Gasteiger partial charge in [0.1, 0.15) is 0 Å². The Hall–Kier alpha value is -2.07. The number of amides is 1. The van der Waals surface area contributed by atoms with Crippen molar-refractivity contribution in [2.75, 3.05) is 5.32 Å². The minimum atomic E-state index is -3.76. The van der Waals surface area contributed by atoms with Crippen molar-refractivity contribution < 1.29 is 13.2 Å². The smallest absolute Gasteiger partial charge is 0.238 e. The van der Waals surface area contributed by atoms with Crippen LogP contribution in [-0.4, -0.2) is 29.5 Å². The zero-order valence-corrected chi connectivity index (χ0v) is 16.0. The Bertz CT molecular complexity index is 1060. The van der Waals surface area contributed by atoms with Crippen molar-refractivity contribution in [3.05, 3.63) is 47.5 Å². The number of H-pyrrole nitrogens is 1. The fourth-order valence-electron chi connectivity index (χ4n) is 2.21. The van der Waals surface area contributed by atoms with E-state index in [2.05, 4.69) is 15.3 Å². The molecule has 1 aromatic heterocycles.